The fourth-order valence-corrected chi connectivity index (χ4v) is 11.3. The smallest absolute Gasteiger partial charge is 0.251 e. The summed E-state index contributed by atoms with van der Waals surface area (Å²) in [6.07, 6.45) is 9.52. The van der Waals surface area contributed by atoms with E-state index in [0.29, 0.717) is 51.6 Å². The third-order valence-corrected chi connectivity index (χ3v) is 14.6. The lowest BCUT2D eigenvalue weighted by molar-refractivity contribution is -0.164. The number of nitrogens with one attached hydrogen (secondary N) is 2. The zero-order valence-electron chi connectivity index (χ0n) is 36.9. The third kappa shape index (κ3) is 9.31. The molecule has 330 valence electrons. The van der Waals surface area contributed by atoms with Gasteiger partial charge in [0.1, 0.15) is 23.7 Å². The van der Waals surface area contributed by atoms with Crippen LogP contribution in [0.5, 0.6) is 5.75 Å². The van der Waals surface area contributed by atoms with Gasteiger partial charge in [-0.3, -0.25) is 29.3 Å². The summed E-state index contributed by atoms with van der Waals surface area (Å²) < 4.78 is 22.0. The number of halogens is 2. The molecular weight excluding hydrogens is 817 g/mol. The van der Waals surface area contributed by atoms with Crippen LogP contribution in [0.3, 0.4) is 0 Å². The van der Waals surface area contributed by atoms with Gasteiger partial charge in [0.15, 0.2) is 11.6 Å². The zero-order chi connectivity index (χ0) is 45.4. The number of imide groups is 1. The van der Waals surface area contributed by atoms with E-state index in [0.717, 1.165) is 57.4 Å². The minimum Gasteiger partial charge on any atom is -0.489 e. The predicted octanol–water partition coefficient (Wildman–Crippen LogP) is 10.6. The minimum absolute atomic E-state index is 0.0304. The normalized spacial score (nSPS) is 24.2. The number of allylic oxidation sites excluding steroid dienone is 2. The van der Waals surface area contributed by atoms with Crippen molar-refractivity contribution >= 4 is 40.9 Å². The number of carbonyl (C=O) groups excluding carboxylic acids is 5. The van der Waals surface area contributed by atoms with E-state index in [2.05, 4.69) is 70.0 Å². The highest BCUT2D eigenvalue weighted by Gasteiger charge is 2.64. The van der Waals surface area contributed by atoms with Crippen LogP contribution in [0.4, 0.5) is 4.39 Å². The topological polar surface area (TPSA) is 142 Å². The summed E-state index contributed by atoms with van der Waals surface area (Å²) >= 11 is 6.27. The molecule has 2 saturated carbocycles. The van der Waals surface area contributed by atoms with Crippen LogP contribution in [-0.2, 0) is 16.0 Å². The Hall–Kier alpha value is -5.40. The van der Waals surface area contributed by atoms with Gasteiger partial charge in [-0.1, -0.05) is 76.9 Å². The molecule has 0 aromatic heterocycles. The second kappa shape index (κ2) is 18.4. The number of hydrogen-bond acceptors (Lipinski definition) is 7. The minimum atomic E-state index is -0.958. The Labute approximate surface area is 374 Å². The number of amides is 3. The highest BCUT2D eigenvalue weighted by molar-refractivity contribution is 6.31. The number of nitriles is 1. The Morgan fingerprint density at radius 1 is 0.984 bits per heavy atom. The number of hydrogen-bond donors (Lipinski definition) is 2. The van der Waals surface area contributed by atoms with Gasteiger partial charge in [-0.25, -0.2) is 4.39 Å². The highest BCUT2D eigenvalue weighted by atomic mass is 35.5. The van der Waals surface area contributed by atoms with Gasteiger partial charge in [-0.15, -0.1) is 0 Å². The maximum atomic E-state index is 15.6. The number of carbonyl (C=O) groups is 5. The quantitative estimate of drug-likeness (QED) is 0.121. The molecule has 3 aliphatic carbocycles. The molecule has 2 unspecified atom stereocenters. The van der Waals surface area contributed by atoms with E-state index in [1.807, 2.05) is 12.1 Å². The van der Waals surface area contributed by atoms with Gasteiger partial charge in [-0.2, -0.15) is 5.26 Å². The van der Waals surface area contributed by atoms with E-state index in [-0.39, 0.29) is 58.4 Å². The van der Waals surface area contributed by atoms with Crippen molar-refractivity contribution in [3.05, 3.63) is 123 Å². The molecule has 1 aliphatic heterocycles. The van der Waals surface area contributed by atoms with Crippen LogP contribution < -0.4 is 15.4 Å². The van der Waals surface area contributed by atoms with E-state index in [9.17, 15) is 29.2 Å². The summed E-state index contributed by atoms with van der Waals surface area (Å²) in [7, 11) is 0. The van der Waals surface area contributed by atoms with Crippen molar-refractivity contribution in [2.45, 2.75) is 123 Å². The van der Waals surface area contributed by atoms with E-state index in [1.165, 1.54) is 17.2 Å². The van der Waals surface area contributed by atoms with Crippen molar-refractivity contribution < 1.29 is 33.1 Å². The molecule has 3 amide bonds. The number of benzene rings is 3. The number of rotatable bonds is 14. The first kappa shape index (κ1) is 45.6. The highest BCUT2D eigenvalue weighted by Crippen LogP contribution is 2.55. The Balaban J connectivity index is 0.896. The van der Waals surface area contributed by atoms with E-state index >= 15 is 4.39 Å². The fraction of sp³-hybridized carbons (Fsp3) is 0.462. The van der Waals surface area contributed by atoms with Crippen molar-refractivity contribution in [1.82, 2.24) is 10.6 Å². The number of Topliss-reactive ketones (excluding diaryl/α,β-unsaturated/α-hetero) is 1. The van der Waals surface area contributed by atoms with Crippen LogP contribution in [0.2, 0.25) is 5.02 Å². The lowest BCUT2D eigenvalue weighted by Gasteiger charge is -2.63. The van der Waals surface area contributed by atoms with E-state index in [1.54, 1.807) is 24.3 Å². The molecule has 1 heterocycles. The molecule has 4 aliphatic rings. The predicted molar refractivity (Wildman–Crippen MR) is 240 cm³/mol. The van der Waals surface area contributed by atoms with Crippen LogP contribution >= 0.6 is 11.6 Å². The van der Waals surface area contributed by atoms with Crippen molar-refractivity contribution in [1.29, 1.82) is 5.26 Å². The van der Waals surface area contributed by atoms with E-state index in [4.69, 9.17) is 16.3 Å². The summed E-state index contributed by atoms with van der Waals surface area (Å²) in [6.45, 7) is 15.1. The first-order valence-electron chi connectivity index (χ1n) is 22.3. The van der Waals surface area contributed by atoms with Gasteiger partial charge in [-0.05, 0) is 129 Å². The Morgan fingerprint density at radius 3 is 2.32 bits per heavy atom. The molecule has 2 N–H and O–H groups in total. The maximum Gasteiger partial charge on any atom is 0.251 e. The molecule has 3 aromatic carbocycles. The van der Waals surface area contributed by atoms with Crippen LogP contribution in [0.15, 0.2) is 78.4 Å². The Bertz CT molecular complexity index is 2410. The number of ketones is 2. The Kier molecular flexibility index (Phi) is 13.3. The average molecular weight is 874 g/mol. The first-order valence-corrected chi connectivity index (χ1v) is 22.7. The SMILES string of the molecule is C=C(CCC(CCC)c1ccc(C(=O)NC2C(C)(C)C(Oc3ccc(C#N)c(Cl)c3)C2(C)C)cc1)C1CCC(Cc2cc(F)c3c(c2)C(=O)C=C(C2CCC(=O)NC2=O)C3=O)CC1. The number of fused-ring (bicyclic) bond motifs is 1. The van der Waals surface area contributed by atoms with Crippen molar-refractivity contribution in [3.8, 4) is 11.8 Å². The number of nitrogens with zero attached hydrogens (tertiary/aromatic N) is 1. The maximum absolute atomic E-state index is 15.6. The molecule has 0 radical (unpaired) electrons. The molecule has 3 aromatic rings. The van der Waals surface area contributed by atoms with Crippen LogP contribution in [0.25, 0.3) is 0 Å². The molecule has 63 heavy (non-hydrogen) atoms. The lowest BCUT2D eigenvalue weighted by Crippen LogP contribution is -2.74. The summed E-state index contributed by atoms with van der Waals surface area (Å²) in [5, 5.41) is 15.1. The van der Waals surface area contributed by atoms with Crippen molar-refractivity contribution in [3.63, 3.8) is 0 Å². The van der Waals surface area contributed by atoms with Crippen LogP contribution in [-0.4, -0.2) is 41.4 Å². The second-order valence-corrected chi connectivity index (χ2v) is 19.7. The first-order chi connectivity index (χ1) is 29.9. The molecule has 11 heteroatoms. The van der Waals surface area contributed by atoms with Gasteiger partial charge in [0, 0.05) is 46.1 Å². The van der Waals surface area contributed by atoms with E-state index < -0.39 is 35.1 Å². The average Bonchev–Trinajstić information content (AvgIpc) is 3.24. The molecule has 9 nitrogen and oxygen atoms in total. The van der Waals surface area contributed by atoms with Crippen LogP contribution in [0.1, 0.15) is 153 Å². The van der Waals surface area contributed by atoms with Gasteiger partial charge in [0.25, 0.3) is 5.91 Å². The summed E-state index contributed by atoms with van der Waals surface area (Å²) in [5.41, 5.74) is 3.09. The molecule has 0 spiro atoms. The van der Waals surface area contributed by atoms with Crippen LogP contribution in [0, 0.1) is 45.7 Å². The fourth-order valence-electron chi connectivity index (χ4n) is 11.1. The molecule has 2 atom stereocenters. The zero-order valence-corrected chi connectivity index (χ0v) is 37.6. The summed E-state index contributed by atoms with van der Waals surface area (Å²) in [5.74, 6) is -2.44. The second-order valence-electron chi connectivity index (χ2n) is 19.3. The van der Waals surface area contributed by atoms with Gasteiger partial charge < -0.3 is 10.1 Å². The molecule has 7 rings (SSSR count). The van der Waals surface area contributed by atoms with Gasteiger partial charge >= 0.3 is 0 Å². The molecular formula is C52H57ClFN3O6. The van der Waals surface area contributed by atoms with Gasteiger partial charge in [0.2, 0.25) is 11.8 Å². The molecule has 1 saturated heterocycles. The monoisotopic (exact) mass is 873 g/mol. The van der Waals surface area contributed by atoms with Crippen molar-refractivity contribution in [2.75, 3.05) is 0 Å². The number of piperidine rings is 1. The lowest BCUT2D eigenvalue weighted by atomic mass is 9.49. The molecule has 0 bridgehead atoms. The summed E-state index contributed by atoms with van der Waals surface area (Å²) in [6, 6.07) is 18.0. The standard InChI is InChI=1S/C52H57ClFN3O6/c1-7-8-33(34-15-17-35(18-16-34)47(61)57-49-51(3,4)50(52(49,5)6)63-37-20-19-36(28-55)41(53)26-37)12-9-29(2)32-13-10-30(11-14-32)23-31-24-40-43(58)27-39(46(60)45(40)42(54)25-31)38-21-22-44(59)56-48(38)62/h15-20,24-27,30,32-33,38,49-50H,2,7-14,21-23H2,1,3-6H3,(H,57,61)(H,56,59,62). The summed E-state index contributed by atoms with van der Waals surface area (Å²) in [4.78, 5) is 64.2. The molecule has 3 fully saturated rings. The Morgan fingerprint density at radius 2 is 1.68 bits per heavy atom. The van der Waals surface area contributed by atoms with Gasteiger partial charge in [0.05, 0.1) is 22.1 Å². The third-order valence-electron chi connectivity index (χ3n) is 14.3. The number of ether oxygens (including phenoxy) is 1. The van der Waals surface area contributed by atoms with Crippen molar-refractivity contribution in [2.24, 2.45) is 28.6 Å². The largest absolute Gasteiger partial charge is 0.489 e.